The molecule has 0 aliphatic carbocycles. The zero-order chi connectivity index (χ0) is 17.5. The van der Waals surface area contributed by atoms with Gasteiger partial charge in [-0.15, -0.1) is 0 Å². The van der Waals surface area contributed by atoms with E-state index in [9.17, 15) is 0 Å². The van der Waals surface area contributed by atoms with Crippen molar-refractivity contribution in [3.63, 3.8) is 0 Å². The fourth-order valence-electron chi connectivity index (χ4n) is 2.67. The Labute approximate surface area is 146 Å². The van der Waals surface area contributed by atoms with Gasteiger partial charge in [0, 0.05) is 57.2 Å². The predicted molar refractivity (Wildman–Crippen MR) is 101 cm³/mol. The number of likely N-dealkylation sites (N-methyl/N-ethyl adjacent to an activating group) is 1. The minimum Gasteiger partial charge on any atom is -0.400 e. The highest BCUT2D eigenvalue weighted by molar-refractivity contribution is 5.49. The Morgan fingerprint density at radius 1 is 1.21 bits per heavy atom. The van der Waals surface area contributed by atoms with Crippen LogP contribution in [0.2, 0.25) is 0 Å². The van der Waals surface area contributed by atoms with Crippen LogP contribution in [0.5, 0.6) is 0 Å². The molecule has 24 heavy (non-hydrogen) atoms. The second kappa shape index (κ2) is 9.03. The molecule has 0 atom stereocenters. The quantitative estimate of drug-likeness (QED) is 0.509. The van der Waals surface area contributed by atoms with Crippen molar-refractivity contribution < 1.29 is 0 Å². The first-order valence-electron chi connectivity index (χ1n) is 8.67. The van der Waals surface area contributed by atoms with Crippen LogP contribution in [-0.4, -0.2) is 55.6 Å². The number of hydrogen-bond acceptors (Lipinski definition) is 6. The normalized spacial score (nSPS) is 17.5. The van der Waals surface area contributed by atoms with E-state index in [1.165, 1.54) is 5.56 Å². The van der Waals surface area contributed by atoms with Gasteiger partial charge in [-0.2, -0.15) is 0 Å². The lowest BCUT2D eigenvalue weighted by Crippen LogP contribution is -2.45. The molecule has 1 heterocycles. The molecule has 0 saturated carbocycles. The molecule has 0 amide bonds. The first-order chi connectivity index (χ1) is 11.4. The molecular formula is C18H32N6. The van der Waals surface area contributed by atoms with Gasteiger partial charge in [0.05, 0.1) is 5.69 Å². The molecule has 2 rings (SSSR count). The molecule has 1 aromatic rings. The van der Waals surface area contributed by atoms with E-state index >= 15 is 0 Å². The molecule has 1 aliphatic rings. The van der Waals surface area contributed by atoms with Crippen LogP contribution in [0.1, 0.15) is 19.4 Å². The summed E-state index contributed by atoms with van der Waals surface area (Å²) in [6.07, 6.45) is 1.82. The highest BCUT2D eigenvalue weighted by Crippen LogP contribution is 2.13. The lowest BCUT2D eigenvalue weighted by molar-refractivity contribution is 0.163. The molecule has 1 aromatic carbocycles. The Kier molecular flexibility index (Phi) is 7.05. The second-order valence-electron chi connectivity index (χ2n) is 6.89. The van der Waals surface area contributed by atoms with Crippen LogP contribution in [0.3, 0.4) is 0 Å². The molecular weight excluding hydrogens is 300 g/mol. The molecule has 0 spiro atoms. The summed E-state index contributed by atoms with van der Waals surface area (Å²) in [5.74, 6) is 6.13. The first kappa shape index (κ1) is 18.7. The van der Waals surface area contributed by atoms with Crippen molar-refractivity contribution in [3.05, 3.63) is 41.7 Å². The van der Waals surface area contributed by atoms with E-state index in [1.54, 1.807) is 5.01 Å². The average Bonchev–Trinajstić information content (AvgIpc) is 2.55. The lowest BCUT2D eigenvalue weighted by Gasteiger charge is -2.32. The zero-order valence-corrected chi connectivity index (χ0v) is 15.2. The van der Waals surface area contributed by atoms with E-state index in [0.29, 0.717) is 6.04 Å². The van der Waals surface area contributed by atoms with Crippen molar-refractivity contribution in [2.45, 2.75) is 26.4 Å². The molecule has 0 unspecified atom stereocenters. The molecule has 6 heteroatoms. The molecule has 0 bridgehead atoms. The van der Waals surface area contributed by atoms with Crippen LogP contribution in [-0.2, 0) is 6.54 Å². The van der Waals surface area contributed by atoms with Crippen LogP contribution in [0.15, 0.2) is 36.2 Å². The summed E-state index contributed by atoms with van der Waals surface area (Å²) in [6.45, 7) is 10.2. The Bertz CT molecular complexity index is 517. The number of nitrogens with one attached hydrogen (secondary N) is 1. The molecule has 5 N–H and O–H groups in total. The number of hydrazine groups is 1. The van der Waals surface area contributed by atoms with Gasteiger partial charge in [0.2, 0.25) is 0 Å². The summed E-state index contributed by atoms with van der Waals surface area (Å²) in [5.41, 5.74) is 9.13. The van der Waals surface area contributed by atoms with E-state index in [1.807, 2.05) is 18.3 Å². The van der Waals surface area contributed by atoms with Crippen LogP contribution in [0, 0.1) is 0 Å². The number of benzene rings is 1. The fourth-order valence-corrected chi connectivity index (χ4v) is 2.67. The van der Waals surface area contributed by atoms with Crippen LogP contribution >= 0.6 is 0 Å². The van der Waals surface area contributed by atoms with Crippen LogP contribution in [0.4, 0.5) is 5.69 Å². The van der Waals surface area contributed by atoms with E-state index in [4.69, 9.17) is 11.6 Å². The third-order valence-electron chi connectivity index (χ3n) is 4.26. The summed E-state index contributed by atoms with van der Waals surface area (Å²) in [7, 11) is 2.15. The topological polar surface area (TPSA) is 73.8 Å². The summed E-state index contributed by atoms with van der Waals surface area (Å²) in [6, 6.07) is 8.71. The van der Waals surface area contributed by atoms with Gasteiger partial charge in [0.1, 0.15) is 0 Å². The van der Waals surface area contributed by atoms with Crippen molar-refractivity contribution in [1.29, 1.82) is 0 Å². The van der Waals surface area contributed by atoms with Crippen molar-refractivity contribution in [3.8, 4) is 0 Å². The Morgan fingerprint density at radius 2 is 1.83 bits per heavy atom. The summed E-state index contributed by atoms with van der Waals surface area (Å²) in [5, 5.41) is 5.01. The van der Waals surface area contributed by atoms with Gasteiger partial charge in [-0.3, -0.25) is 9.91 Å². The molecule has 1 aliphatic heterocycles. The maximum absolute atomic E-state index is 6.16. The van der Waals surface area contributed by atoms with E-state index in [0.717, 1.165) is 50.7 Å². The van der Waals surface area contributed by atoms with Crippen molar-refractivity contribution >= 4 is 5.69 Å². The SMILES string of the molecule is CC(C)NCc1ccc(N(N)/C=C(\N)CN2CCN(C)CC2)cc1. The molecule has 1 fully saturated rings. The van der Waals surface area contributed by atoms with Gasteiger partial charge >= 0.3 is 0 Å². The molecule has 0 aromatic heterocycles. The highest BCUT2D eigenvalue weighted by atomic mass is 15.4. The standard InChI is InChI=1S/C18H32N6/c1-15(2)21-12-16-4-6-18(7-5-16)24(20)14-17(19)13-23-10-8-22(3)9-11-23/h4-7,14-15,21H,8-13,19-20H2,1-3H3/b17-14-. The number of piperazine rings is 1. The number of nitrogens with zero attached hydrogens (tertiary/aromatic N) is 3. The molecule has 134 valence electrons. The second-order valence-corrected chi connectivity index (χ2v) is 6.89. The highest BCUT2D eigenvalue weighted by Gasteiger charge is 2.14. The Hall–Kier alpha value is -1.60. The predicted octanol–water partition coefficient (Wildman–Crippen LogP) is 0.912. The molecule has 1 saturated heterocycles. The smallest absolute Gasteiger partial charge is 0.0569 e. The third kappa shape index (κ3) is 6.13. The van der Waals surface area contributed by atoms with Gasteiger partial charge in [-0.1, -0.05) is 26.0 Å². The summed E-state index contributed by atoms with van der Waals surface area (Å²) in [4.78, 5) is 4.70. The fraction of sp³-hybridized carbons (Fsp3) is 0.556. The Morgan fingerprint density at radius 3 is 2.42 bits per heavy atom. The van der Waals surface area contributed by atoms with Crippen molar-refractivity contribution in [1.82, 2.24) is 15.1 Å². The summed E-state index contributed by atoms with van der Waals surface area (Å²) < 4.78 is 0. The van der Waals surface area contributed by atoms with E-state index in [-0.39, 0.29) is 0 Å². The van der Waals surface area contributed by atoms with E-state index < -0.39 is 0 Å². The monoisotopic (exact) mass is 332 g/mol. The first-order valence-corrected chi connectivity index (χ1v) is 8.67. The molecule has 6 nitrogen and oxygen atoms in total. The third-order valence-corrected chi connectivity index (χ3v) is 4.26. The number of anilines is 1. The Balaban J connectivity index is 1.86. The summed E-state index contributed by atoms with van der Waals surface area (Å²) >= 11 is 0. The van der Waals surface area contributed by atoms with E-state index in [2.05, 4.69) is 48.1 Å². The molecule has 0 radical (unpaired) electrons. The van der Waals surface area contributed by atoms with Crippen molar-refractivity contribution in [2.24, 2.45) is 11.6 Å². The van der Waals surface area contributed by atoms with Gasteiger partial charge in [-0.05, 0) is 24.7 Å². The van der Waals surface area contributed by atoms with Crippen molar-refractivity contribution in [2.75, 3.05) is 44.8 Å². The minimum atomic E-state index is 0.480. The number of hydrogen-bond donors (Lipinski definition) is 3. The van der Waals surface area contributed by atoms with Crippen LogP contribution in [0.25, 0.3) is 0 Å². The maximum atomic E-state index is 6.16. The average molecular weight is 332 g/mol. The lowest BCUT2D eigenvalue weighted by atomic mass is 10.2. The minimum absolute atomic E-state index is 0.480. The van der Waals surface area contributed by atoms with Crippen LogP contribution < -0.4 is 21.9 Å². The largest absolute Gasteiger partial charge is 0.400 e. The van der Waals surface area contributed by atoms with Gasteiger partial charge < -0.3 is 16.0 Å². The maximum Gasteiger partial charge on any atom is 0.0569 e. The van der Waals surface area contributed by atoms with Gasteiger partial charge in [0.25, 0.3) is 0 Å². The number of rotatable bonds is 7. The number of nitrogens with two attached hydrogens (primary N) is 2. The van der Waals surface area contributed by atoms with Gasteiger partial charge in [0.15, 0.2) is 0 Å². The zero-order valence-electron chi connectivity index (χ0n) is 15.2. The van der Waals surface area contributed by atoms with Gasteiger partial charge in [-0.25, -0.2) is 5.84 Å².